The maximum absolute atomic E-state index is 13.7. The number of likely N-dealkylation sites (tertiary alicyclic amines) is 1. The van der Waals surface area contributed by atoms with Crippen molar-refractivity contribution < 1.29 is 38.1 Å². The zero-order valence-electron chi connectivity index (χ0n) is 33.8. The third kappa shape index (κ3) is 12.5. The highest BCUT2D eigenvalue weighted by molar-refractivity contribution is 6.45. The van der Waals surface area contributed by atoms with E-state index in [9.17, 15) is 19.6 Å². The number of ketones is 1. The fraction of sp³-hybridized carbons (Fsp3) is 0.488. The predicted molar refractivity (Wildman–Crippen MR) is 218 cm³/mol. The van der Waals surface area contributed by atoms with Gasteiger partial charge < -0.3 is 44.6 Å². The number of rotatable bonds is 25. The molecule has 5 rings (SSSR count). The molecule has 1 saturated heterocycles. The Balaban J connectivity index is 1.10. The largest absolute Gasteiger partial charge is 0.494 e. The normalized spacial score (nSPS) is 12.9. The molecule has 1 aromatic carbocycles. The van der Waals surface area contributed by atoms with Crippen LogP contribution >= 0.6 is 0 Å². The Labute approximate surface area is 343 Å². The van der Waals surface area contributed by atoms with Gasteiger partial charge in [-0.25, -0.2) is 9.97 Å². The first-order valence-corrected chi connectivity index (χ1v) is 19.9. The van der Waals surface area contributed by atoms with Gasteiger partial charge in [0.15, 0.2) is 5.82 Å². The number of hydrogen-bond donors (Lipinski definition) is 3. The molecule has 0 bridgehead atoms. The van der Waals surface area contributed by atoms with Crippen molar-refractivity contribution in [3.63, 3.8) is 0 Å². The predicted octanol–water partition coefficient (Wildman–Crippen LogP) is 2.40. The molecule has 2 amide bonds. The van der Waals surface area contributed by atoms with Gasteiger partial charge in [-0.2, -0.15) is 9.94 Å². The molecule has 0 atom stereocenters. The van der Waals surface area contributed by atoms with Crippen molar-refractivity contribution in [2.45, 2.75) is 26.2 Å². The lowest BCUT2D eigenvalue weighted by Crippen LogP contribution is -2.40. The first kappa shape index (κ1) is 44.6. The van der Waals surface area contributed by atoms with Crippen molar-refractivity contribution in [3.05, 3.63) is 71.6 Å². The maximum Gasteiger partial charge on any atom is 0.295 e. The number of H-pyrrole nitrogens is 1. The van der Waals surface area contributed by atoms with E-state index >= 15 is 0 Å². The molecule has 18 heteroatoms. The number of amides is 2. The van der Waals surface area contributed by atoms with E-state index < -0.39 is 17.6 Å². The minimum Gasteiger partial charge on any atom is -0.494 e. The van der Waals surface area contributed by atoms with Crippen LogP contribution in [0.25, 0.3) is 22.3 Å². The molecule has 0 aliphatic carbocycles. The number of fused-ring (bicyclic) bond motifs is 1. The van der Waals surface area contributed by atoms with Gasteiger partial charge in [-0.15, -0.1) is 5.10 Å². The Kier molecular flexibility index (Phi) is 17.9. The van der Waals surface area contributed by atoms with Crippen LogP contribution in [0.5, 0.6) is 5.75 Å². The van der Waals surface area contributed by atoms with Crippen LogP contribution in [0.2, 0.25) is 0 Å². The van der Waals surface area contributed by atoms with Gasteiger partial charge in [0, 0.05) is 52.1 Å². The summed E-state index contributed by atoms with van der Waals surface area (Å²) < 4.78 is 28.7. The van der Waals surface area contributed by atoms with Crippen molar-refractivity contribution in [2.24, 2.45) is 5.73 Å². The van der Waals surface area contributed by atoms with E-state index in [2.05, 4.69) is 36.3 Å². The number of ether oxygens (including phenoxy) is 5. The summed E-state index contributed by atoms with van der Waals surface area (Å²) in [4.78, 5) is 55.6. The highest BCUT2D eigenvalue weighted by atomic mass is 16.6. The number of nitriles is 1. The van der Waals surface area contributed by atoms with Crippen LogP contribution in [0.3, 0.4) is 0 Å². The number of carbonyl (C=O) groups is 3. The molecule has 1 aliphatic rings. The topological polar surface area (TPSA) is 225 Å². The first-order valence-electron chi connectivity index (χ1n) is 19.9. The molecular formula is C41H54N10O8. The third-order valence-corrected chi connectivity index (χ3v) is 9.66. The van der Waals surface area contributed by atoms with Gasteiger partial charge in [0.1, 0.15) is 12.1 Å². The standard InChI is InChI=1S/C41H54N10O8/c1-3-56-20-21-58-24-25-59-23-22-57-19-18-49(17-12-42)14-7-13-44-40(53)38-47-29-51(48-38)39-36-35(34(55-2)28-46-39)33(27-45-36)37(52)41(54)50-15-10-31(11-16-50)32(26-43)30-8-5-4-6-9-30/h4-6,8-9,27-29,45H,3,7,10-25,42H2,1-2H3,(H,44,53). The van der Waals surface area contributed by atoms with E-state index in [1.807, 2.05) is 37.3 Å². The summed E-state index contributed by atoms with van der Waals surface area (Å²) in [6, 6.07) is 11.7. The Bertz CT molecular complexity index is 2030. The van der Waals surface area contributed by atoms with E-state index in [-0.39, 0.29) is 23.0 Å². The lowest BCUT2D eigenvalue weighted by molar-refractivity contribution is -0.126. The van der Waals surface area contributed by atoms with Crippen molar-refractivity contribution in [3.8, 4) is 17.6 Å². The molecule has 316 valence electrons. The summed E-state index contributed by atoms with van der Waals surface area (Å²) in [6.07, 6.45) is 5.86. The van der Waals surface area contributed by atoms with Crippen molar-refractivity contribution >= 4 is 34.1 Å². The van der Waals surface area contributed by atoms with Gasteiger partial charge in [0.05, 0.1) is 87.7 Å². The van der Waals surface area contributed by atoms with Crippen molar-refractivity contribution in [2.75, 3.05) is 106 Å². The smallest absolute Gasteiger partial charge is 0.295 e. The van der Waals surface area contributed by atoms with Crippen LogP contribution in [-0.4, -0.2) is 158 Å². The number of nitrogens with two attached hydrogens (primary N) is 1. The van der Waals surface area contributed by atoms with Crippen molar-refractivity contribution in [1.82, 2.24) is 39.8 Å². The molecular weight excluding hydrogens is 761 g/mol. The Morgan fingerprint density at radius 3 is 2.31 bits per heavy atom. The molecule has 3 aromatic heterocycles. The molecule has 4 heterocycles. The van der Waals surface area contributed by atoms with Gasteiger partial charge in [-0.3, -0.25) is 19.3 Å². The number of allylic oxidation sites excluding steroid dienone is 1. The monoisotopic (exact) mass is 814 g/mol. The number of nitrogens with one attached hydrogen (secondary N) is 2. The number of carbonyl (C=O) groups excluding carboxylic acids is 3. The minimum atomic E-state index is -0.713. The number of aromatic nitrogens is 5. The van der Waals surface area contributed by atoms with Crippen LogP contribution in [-0.2, 0) is 23.7 Å². The molecule has 0 spiro atoms. The molecule has 4 N–H and O–H groups in total. The molecule has 59 heavy (non-hydrogen) atoms. The highest BCUT2D eigenvalue weighted by Crippen LogP contribution is 2.32. The summed E-state index contributed by atoms with van der Waals surface area (Å²) in [5, 5.41) is 17.4. The molecule has 0 unspecified atom stereocenters. The lowest BCUT2D eigenvalue weighted by Gasteiger charge is -2.28. The average molecular weight is 815 g/mol. The maximum atomic E-state index is 13.7. The van der Waals surface area contributed by atoms with E-state index in [0.29, 0.717) is 134 Å². The van der Waals surface area contributed by atoms with Crippen molar-refractivity contribution in [1.29, 1.82) is 5.26 Å². The van der Waals surface area contributed by atoms with E-state index in [1.54, 1.807) is 0 Å². The van der Waals surface area contributed by atoms with Crippen LogP contribution in [0, 0.1) is 11.3 Å². The van der Waals surface area contributed by atoms with Crippen LogP contribution in [0.1, 0.15) is 52.7 Å². The van der Waals surface area contributed by atoms with E-state index in [4.69, 9.17) is 29.4 Å². The molecule has 0 saturated carbocycles. The highest BCUT2D eigenvalue weighted by Gasteiger charge is 2.30. The average Bonchev–Trinajstić information content (AvgIpc) is 3.95. The second-order valence-electron chi connectivity index (χ2n) is 13.5. The molecule has 18 nitrogen and oxygen atoms in total. The zero-order chi connectivity index (χ0) is 41.8. The summed E-state index contributed by atoms with van der Waals surface area (Å²) in [5.74, 6) is -1.36. The van der Waals surface area contributed by atoms with Gasteiger partial charge >= 0.3 is 0 Å². The summed E-state index contributed by atoms with van der Waals surface area (Å²) in [7, 11) is 1.45. The minimum absolute atomic E-state index is 0.0642. The SMILES string of the molecule is CCOCCOCCOCCOCCN(CCN)CCCNC(=O)c1ncn(-c2ncc(OC)c3c(C(=O)C(=O)N4CCC(=C(C#N)c5ccccc5)CC4)c[nH]c23)n1. The number of benzene rings is 1. The quantitative estimate of drug-likeness (QED) is 0.0378. The number of nitrogens with zero attached hydrogens (tertiary/aromatic N) is 7. The molecule has 0 radical (unpaired) electrons. The number of aromatic amines is 1. The molecule has 4 aromatic rings. The molecule has 1 aliphatic heterocycles. The van der Waals surface area contributed by atoms with E-state index in [0.717, 1.165) is 11.1 Å². The zero-order valence-corrected chi connectivity index (χ0v) is 33.8. The third-order valence-electron chi connectivity index (χ3n) is 9.66. The van der Waals surface area contributed by atoms with Crippen LogP contribution in [0.15, 0.2) is 54.6 Å². The van der Waals surface area contributed by atoms with Crippen LogP contribution < -0.4 is 15.8 Å². The Morgan fingerprint density at radius 2 is 1.64 bits per heavy atom. The number of hydrogen-bond acceptors (Lipinski definition) is 14. The number of pyridine rings is 1. The van der Waals surface area contributed by atoms with Gasteiger partial charge in [-0.05, 0) is 43.9 Å². The van der Waals surface area contributed by atoms with Gasteiger partial charge in [0.2, 0.25) is 5.82 Å². The number of piperidine rings is 1. The van der Waals surface area contributed by atoms with E-state index in [1.165, 1.54) is 35.4 Å². The summed E-state index contributed by atoms with van der Waals surface area (Å²) in [6.45, 7) is 9.84. The Morgan fingerprint density at radius 1 is 0.949 bits per heavy atom. The number of Topliss-reactive ketones (excluding diaryl/α,β-unsaturated/α-hetero) is 1. The second-order valence-corrected chi connectivity index (χ2v) is 13.5. The summed E-state index contributed by atoms with van der Waals surface area (Å²) in [5.41, 5.74) is 8.70. The van der Waals surface area contributed by atoms with Crippen LogP contribution in [0.4, 0.5) is 0 Å². The van der Waals surface area contributed by atoms with Gasteiger partial charge in [0.25, 0.3) is 17.6 Å². The fourth-order valence-corrected chi connectivity index (χ4v) is 6.62. The summed E-state index contributed by atoms with van der Waals surface area (Å²) >= 11 is 0. The lowest BCUT2D eigenvalue weighted by atomic mass is 9.93. The Hall–Kier alpha value is -5.55. The fourth-order valence-electron chi connectivity index (χ4n) is 6.62. The first-order chi connectivity index (χ1) is 28.9. The van der Waals surface area contributed by atoms with Gasteiger partial charge in [-0.1, -0.05) is 30.3 Å². The molecule has 1 fully saturated rings. The second kappa shape index (κ2) is 23.8. The number of methoxy groups -OCH3 is 1.